The van der Waals surface area contributed by atoms with E-state index in [2.05, 4.69) is 31.9 Å². The second-order valence-electron chi connectivity index (χ2n) is 6.33. The number of nitrogens with zero attached hydrogens (tertiary/aromatic N) is 6. The first-order valence-corrected chi connectivity index (χ1v) is 9.23. The van der Waals surface area contributed by atoms with E-state index in [1.54, 1.807) is 17.5 Å². The molecule has 26 heavy (non-hydrogen) atoms. The molecule has 0 bridgehead atoms. The monoisotopic (exact) mass is 363 g/mol. The molecule has 0 saturated carbocycles. The van der Waals surface area contributed by atoms with Gasteiger partial charge in [-0.25, -0.2) is 4.98 Å². The lowest BCUT2D eigenvalue weighted by atomic mass is 10.2. The predicted molar refractivity (Wildman–Crippen MR) is 101 cm³/mol. The van der Waals surface area contributed by atoms with Crippen LogP contribution in [0.4, 0.5) is 0 Å². The first-order valence-electron chi connectivity index (χ1n) is 8.42. The molecule has 0 saturated heterocycles. The Bertz CT molecular complexity index is 1080. The SMILES string of the molecule is Cn1c2c(c3sc(Cc4ccccn4)nc31)C=NN(Cc1ccn[nH]1)C2. The summed E-state index contributed by atoms with van der Waals surface area (Å²) in [5.41, 5.74) is 5.56. The molecule has 7 nitrogen and oxygen atoms in total. The molecule has 0 fully saturated rings. The van der Waals surface area contributed by atoms with Crippen LogP contribution in [0, 0.1) is 0 Å². The van der Waals surface area contributed by atoms with Gasteiger partial charge in [-0.15, -0.1) is 11.3 Å². The standard InChI is InChI=1S/C18H17N7S/c1-24-15-11-25(10-13-5-7-20-23-13)21-9-14(15)17-18(24)22-16(26-17)8-12-4-2-3-6-19-12/h2-7,9H,8,10-11H2,1H3,(H,20,23). The van der Waals surface area contributed by atoms with Gasteiger partial charge in [-0.2, -0.15) is 10.2 Å². The fraction of sp³-hybridized carbons (Fsp3) is 0.222. The van der Waals surface area contributed by atoms with Crippen LogP contribution in [0.15, 0.2) is 41.8 Å². The van der Waals surface area contributed by atoms with E-state index in [4.69, 9.17) is 4.98 Å². The van der Waals surface area contributed by atoms with E-state index in [1.165, 1.54) is 16.0 Å². The summed E-state index contributed by atoms with van der Waals surface area (Å²) in [7, 11) is 2.08. The molecule has 0 aliphatic carbocycles. The van der Waals surface area contributed by atoms with Gasteiger partial charge in [0.2, 0.25) is 0 Å². The average Bonchev–Trinajstić information content (AvgIpc) is 3.36. The Kier molecular flexibility index (Phi) is 3.56. The predicted octanol–water partition coefficient (Wildman–Crippen LogP) is 2.69. The number of aromatic nitrogens is 5. The number of fused-ring (bicyclic) bond motifs is 3. The summed E-state index contributed by atoms with van der Waals surface area (Å²) in [6.45, 7) is 1.48. The molecule has 5 heterocycles. The molecule has 5 rings (SSSR count). The highest BCUT2D eigenvalue weighted by Gasteiger charge is 2.23. The molecule has 4 aromatic heterocycles. The third-order valence-electron chi connectivity index (χ3n) is 4.58. The second kappa shape index (κ2) is 6.06. The van der Waals surface area contributed by atoms with E-state index in [1.807, 2.05) is 41.7 Å². The number of nitrogens with one attached hydrogen (secondary N) is 1. The maximum Gasteiger partial charge on any atom is 0.152 e. The molecule has 130 valence electrons. The lowest BCUT2D eigenvalue weighted by Gasteiger charge is -2.22. The van der Waals surface area contributed by atoms with Crippen molar-refractivity contribution in [3.05, 3.63) is 64.3 Å². The minimum Gasteiger partial charge on any atom is -0.329 e. The Morgan fingerprint density at radius 1 is 1.23 bits per heavy atom. The van der Waals surface area contributed by atoms with E-state index < -0.39 is 0 Å². The maximum absolute atomic E-state index is 4.86. The normalized spacial score (nSPS) is 13.5. The summed E-state index contributed by atoms with van der Waals surface area (Å²) in [4.78, 5) is 9.26. The quantitative estimate of drug-likeness (QED) is 0.605. The minimum atomic E-state index is 0.715. The Hall–Kier alpha value is -3.00. The molecule has 1 N–H and O–H groups in total. The molecule has 0 radical (unpaired) electrons. The first kappa shape index (κ1) is 15.3. The van der Waals surface area contributed by atoms with E-state index in [0.29, 0.717) is 6.54 Å². The number of thiazole rings is 1. The van der Waals surface area contributed by atoms with Gasteiger partial charge in [-0.3, -0.25) is 15.1 Å². The second-order valence-corrected chi connectivity index (χ2v) is 7.41. The van der Waals surface area contributed by atoms with Crippen LogP contribution < -0.4 is 0 Å². The number of hydrogen-bond donors (Lipinski definition) is 1. The molecule has 0 spiro atoms. The van der Waals surface area contributed by atoms with Gasteiger partial charge in [-0.05, 0) is 18.2 Å². The van der Waals surface area contributed by atoms with Crippen LogP contribution in [0.25, 0.3) is 10.3 Å². The van der Waals surface area contributed by atoms with Crippen molar-refractivity contribution in [3.63, 3.8) is 0 Å². The number of hydrogen-bond acceptors (Lipinski definition) is 6. The minimum absolute atomic E-state index is 0.715. The van der Waals surface area contributed by atoms with Gasteiger partial charge >= 0.3 is 0 Å². The Morgan fingerprint density at radius 2 is 2.19 bits per heavy atom. The number of rotatable bonds is 4. The highest BCUT2D eigenvalue weighted by molar-refractivity contribution is 7.19. The Balaban J connectivity index is 1.45. The zero-order valence-electron chi connectivity index (χ0n) is 14.3. The maximum atomic E-state index is 4.86. The molecule has 1 aliphatic rings. The van der Waals surface area contributed by atoms with Gasteiger partial charge in [-0.1, -0.05) is 6.07 Å². The highest BCUT2D eigenvalue weighted by Crippen LogP contribution is 2.33. The summed E-state index contributed by atoms with van der Waals surface area (Å²) in [6, 6.07) is 7.96. The number of H-pyrrole nitrogens is 1. The third kappa shape index (κ3) is 2.59. The first-order chi connectivity index (χ1) is 12.8. The number of aryl methyl sites for hydroxylation is 1. The summed E-state index contributed by atoms with van der Waals surface area (Å²) in [5, 5.41) is 14.7. The van der Waals surface area contributed by atoms with Crippen molar-refractivity contribution in [1.29, 1.82) is 0 Å². The summed E-state index contributed by atoms with van der Waals surface area (Å²) in [5.74, 6) is 0. The Morgan fingerprint density at radius 3 is 3.00 bits per heavy atom. The van der Waals surface area contributed by atoms with Crippen molar-refractivity contribution in [2.45, 2.75) is 19.5 Å². The van der Waals surface area contributed by atoms with E-state index in [9.17, 15) is 0 Å². The fourth-order valence-electron chi connectivity index (χ4n) is 3.27. The molecule has 0 unspecified atom stereocenters. The summed E-state index contributed by atoms with van der Waals surface area (Å²) < 4.78 is 3.40. The highest BCUT2D eigenvalue weighted by atomic mass is 32.1. The molecule has 8 heteroatoms. The summed E-state index contributed by atoms with van der Waals surface area (Å²) in [6.07, 6.45) is 6.31. The van der Waals surface area contributed by atoms with Crippen LogP contribution in [0.1, 0.15) is 27.7 Å². The lowest BCUT2D eigenvalue weighted by molar-refractivity contribution is 0.259. The van der Waals surface area contributed by atoms with Crippen molar-refractivity contribution in [2.75, 3.05) is 0 Å². The number of pyridine rings is 1. The van der Waals surface area contributed by atoms with Crippen LogP contribution >= 0.6 is 11.3 Å². The van der Waals surface area contributed by atoms with Gasteiger partial charge < -0.3 is 4.57 Å². The number of aromatic amines is 1. The smallest absolute Gasteiger partial charge is 0.152 e. The fourth-order valence-corrected chi connectivity index (χ4v) is 4.42. The van der Waals surface area contributed by atoms with Gasteiger partial charge in [0.1, 0.15) is 5.01 Å². The molecule has 0 aromatic carbocycles. The Labute approximate surface area is 154 Å². The molecular formula is C18H17N7S. The average molecular weight is 363 g/mol. The van der Waals surface area contributed by atoms with Gasteiger partial charge in [0.15, 0.2) is 5.65 Å². The van der Waals surface area contributed by atoms with Crippen molar-refractivity contribution in [2.24, 2.45) is 12.1 Å². The topological polar surface area (TPSA) is 75.0 Å². The molecule has 0 atom stereocenters. The van der Waals surface area contributed by atoms with Crippen LogP contribution in [0.5, 0.6) is 0 Å². The molecule has 0 amide bonds. The summed E-state index contributed by atoms with van der Waals surface area (Å²) >= 11 is 1.74. The van der Waals surface area contributed by atoms with E-state index in [0.717, 1.165) is 35.0 Å². The zero-order valence-corrected chi connectivity index (χ0v) is 15.1. The largest absolute Gasteiger partial charge is 0.329 e. The molecule has 4 aromatic rings. The van der Waals surface area contributed by atoms with Gasteiger partial charge in [0.05, 0.1) is 35.4 Å². The molecule has 1 aliphatic heterocycles. The lowest BCUT2D eigenvalue weighted by Crippen LogP contribution is -2.23. The van der Waals surface area contributed by atoms with Crippen LogP contribution in [0.3, 0.4) is 0 Å². The van der Waals surface area contributed by atoms with Crippen LogP contribution in [-0.4, -0.2) is 36.0 Å². The molecular weight excluding hydrogens is 346 g/mol. The zero-order chi connectivity index (χ0) is 17.5. The van der Waals surface area contributed by atoms with Crippen molar-refractivity contribution >= 4 is 27.9 Å². The van der Waals surface area contributed by atoms with Crippen LogP contribution in [0.2, 0.25) is 0 Å². The third-order valence-corrected chi connectivity index (χ3v) is 5.66. The van der Waals surface area contributed by atoms with Gasteiger partial charge in [0, 0.05) is 37.1 Å². The van der Waals surface area contributed by atoms with E-state index in [-0.39, 0.29) is 0 Å². The van der Waals surface area contributed by atoms with Crippen LogP contribution in [-0.2, 0) is 26.6 Å². The van der Waals surface area contributed by atoms with Crippen molar-refractivity contribution in [1.82, 2.24) is 29.7 Å². The van der Waals surface area contributed by atoms with Crippen molar-refractivity contribution < 1.29 is 0 Å². The van der Waals surface area contributed by atoms with Gasteiger partial charge in [0.25, 0.3) is 0 Å². The number of hydrazone groups is 1. The van der Waals surface area contributed by atoms with Crippen molar-refractivity contribution in [3.8, 4) is 0 Å². The van der Waals surface area contributed by atoms with E-state index >= 15 is 0 Å².